The van der Waals surface area contributed by atoms with Crippen LogP contribution in [-0.2, 0) is 17.8 Å². The summed E-state index contributed by atoms with van der Waals surface area (Å²) in [5.74, 6) is 1.93. The Labute approximate surface area is 207 Å². The summed E-state index contributed by atoms with van der Waals surface area (Å²) in [6.45, 7) is 2.37. The molecule has 1 amide bonds. The zero-order valence-electron chi connectivity index (χ0n) is 19.6. The second-order valence-corrected chi connectivity index (χ2v) is 8.79. The third kappa shape index (κ3) is 4.50. The average Bonchev–Trinajstić information content (AvgIpc) is 3.42. The highest BCUT2D eigenvalue weighted by molar-refractivity contribution is 5.72. The van der Waals surface area contributed by atoms with Crippen LogP contribution >= 0.6 is 0 Å². The van der Waals surface area contributed by atoms with Gasteiger partial charge in [-0.25, -0.2) is 9.78 Å². The van der Waals surface area contributed by atoms with E-state index in [4.69, 9.17) is 9.47 Å². The van der Waals surface area contributed by atoms with E-state index in [0.717, 1.165) is 40.4 Å². The molecule has 0 spiro atoms. The van der Waals surface area contributed by atoms with Crippen molar-refractivity contribution in [3.05, 3.63) is 95.4 Å². The van der Waals surface area contributed by atoms with Crippen molar-refractivity contribution in [2.24, 2.45) is 0 Å². The van der Waals surface area contributed by atoms with Crippen molar-refractivity contribution in [3.8, 4) is 5.75 Å². The van der Waals surface area contributed by atoms with Crippen molar-refractivity contribution in [1.82, 2.24) is 20.3 Å². The molecule has 1 aliphatic heterocycles. The number of ether oxygens (including phenoxy) is 2. The predicted octanol–water partition coefficient (Wildman–Crippen LogP) is 4.95. The zero-order chi connectivity index (χ0) is 24.5. The Morgan fingerprint density at radius 2 is 1.92 bits per heavy atom. The third-order valence-corrected chi connectivity index (χ3v) is 6.26. The molecule has 1 fully saturated rings. The first-order chi connectivity index (χ1) is 17.6. The van der Waals surface area contributed by atoms with Crippen LogP contribution < -0.4 is 20.7 Å². The molecule has 0 saturated carbocycles. The number of carbonyl (C=O) groups excluding carboxylic acids is 1. The van der Waals surface area contributed by atoms with Crippen LogP contribution in [0.5, 0.6) is 5.75 Å². The van der Waals surface area contributed by atoms with Crippen molar-refractivity contribution >= 4 is 29.2 Å². The fraction of sp³-hybridized carbons (Fsp3) is 0.185. The highest BCUT2D eigenvalue weighted by atomic mass is 16.6. The van der Waals surface area contributed by atoms with E-state index in [9.17, 15) is 4.79 Å². The monoisotopic (exact) mass is 480 g/mol. The van der Waals surface area contributed by atoms with E-state index >= 15 is 0 Å². The Balaban J connectivity index is 1.13. The molecule has 2 aromatic carbocycles. The number of hydrogen-bond acceptors (Lipinski definition) is 8. The number of benzene rings is 2. The molecular formula is C27H24N6O3. The van der Waals surface area contributed by atoms with E-state index in [1.165, 1.54) is 5.56 Å². The molecule has 2 aliphatic rings. The van der Waals surface area contributed by atoms with Crippen molar-refractivity contribution in [2.45, 2.75) is 32.1 Å². The maximum absolute atomic E-state index is 11.6. The van der Waals surface area contributed by atoms with Crippen LogP contribution in [0.4, 0.5) is 27.9 Å². The van der Waals surface area contributed by atoms with E-state index in [1.807, 2.05) is 61.5 Å². The van der Waals surface area contributed by atoms with Gasteiger partial charge in [-0.15, -0.1) is 0 Å². The molecule has 9 heteroatoms. The van der Waals surface area contributed by atoms with Gasteiger partial charge in [0.1, 0.15) is 24.3 Å². The summed E-state index contributed by atoms with van der Waals surface area (Å²) >= 11 is 0. The molecule has 0 bridgehead atoms. The standard InChI is InChI=1S/C27H24N6O3/c1-16-14-29-26(31-19-6-5-17-12-23-24(22(17)13-19)32-27(34)36-23)33-25(16)30-18-7-9-21(10-8-18)35-15-20-4-2-3-11-28-20/h2-11,13-14,23-24H,12,15H2,1H3,(H,32,34)(H2,29,30,31,33)/t23-,24+/m0/s1. The fourth-order valence-electron chi connectivity index (χ4n) is 4.43. The summed E-state index contributed by atoms with van der Waals surface area (Å²) in [6.07, 6.45) is 3.75. The van der Waals surface area contributed by atoms with Crippen LogP contribution in [0.15, 0.2) is 73.1 Å². The lowest BCUT2D eigenvalue weighted by atomic mass is 10.1. The molecule has 180 valence electrons. The molecule has 0 unspecified atom stereocenters. The lowest BCUT2D eigenvalue weighted by Gasteiger charge is -2.13. The average molecular weight is 481 g/mol. The normalized spacial score (nSPS) is 17.5. The summed E-state index contributed by atoms with van der Waals surface area (Å²) in [7, 11) is 0. The second-order valence-electron chi connectivity index (χ2n) is 8.79. The van der Waals surface area contributed by atoms with Crippen LogP contribution in [0.1, 0.15) is 28.4 Å². The molecule has 3 heterocycles. The number of nitrogens with zero attached hydrogens (tertiary/aromatic N) is 3. The predicted molar refractivity (Wildman–Crippen MR) is 135 cm³/mol. The lowest BCUT2D eigenvalue weighted by molar-refractivity contribution is 0.136. The van der Waals surface area contributed by atoms with Gasteiger partial charge >= 0.3 is 6.09 Å². The summed E-state index contributed by atoms with van der Waals surface area (Å²) < 4.78 is 11.2. The van der Waals surface area contributed by atoms with E-state index in [0.29, 0.717) is 18.4 Å². The van der Waals surface area contributed by atoms with Gasteiger partial charge in [-0.2, -0.15) is 4.98 Å². The summed E-state index contributed by atoms with van der Waals surface area (Å²) in [5, 5.41) is 9.52. The van der Waals surface area contributed by atoms with Gasteiger partial charge in [0.2, 0.25) is 5.95 Å². The number of aryl methyl sites for hydroxylation is 1. The first-order valence-corrected chi connectivity index (χ1v) is 11.7. The van der Waals surface area contributed by atoms with Gasteiger partial charge in [0, 0.05) is 35.8 Å². The van der Waals surface area contributed by atoms with Crippen molar-refractivity contribution in [3.63, 3.8) is 0 Å². The minimum Gasteiger partial charge on any atom is -0.487 e. The van der Waals surface area contributed by atoms with Gasteiger partial charge < -0.3 is 25.4 Å². The van der Waals surface area contributed by atoms with Gasteiger partial charge in [0.25, 0.3) is 0 Å². The molecule has 6 rings (SSSR count). The molecule has 36 heavy (non-hydrogen) atoms. The molecule has 3 N–H and O–H groups in total. The van der Waals surface area contributed by atoms with Gasteiger partial charge in [-0.3, -0.25) is 4.98 Å². The molecule has 1 saturated heterocycles. The first-order valence-electron chi connectivity index (χ1n) is 11.7. The molecular weight excluding hydrogens is 456 g/mol. The Kier molecular flexibility index (Phi) is 5.57. The first kappa shape index (κ1) is 21.8. The smallest absolute Gasteiger partial charge is 0.408 e. The van der Waals surface area contributed by atoms with Crippen LogP contribution in [-0.4, -0.2) is 27.1 Å². The van der Waals surface area contributed by atoms with Crippen LogP contribution in [0.25, 0.3) is 0 Å². The van der Waals surface area contributed by atoms with E-state index in [2.05, 4.69) is 37.0 Å². The molecule has 1 aliphatic carbocycles. The SMILES string of the molecule is Cc1cnc(Nc2ccc3c(c2)[C@H]2NC(=O)O[C@H]2C3)nc1Nc1ccc(OCc2ccccn2)cc1. The number of hydrogen-bond donors (Lipinski definition) is 3. The Morgan fingerprint density at radius 1 is 1.06 bits per heavy atom. The molecule has 9 nitrogen and oxygen atoms in total. The summed E-state index contributed by atoms with van der Waals surface area (Å²) in [6, 6.07) is 19.4. The Morgan fingerprint density at radius 3 is 2.75 bits per heavy atom. The van der Waals surface area contributed by atoms with Crippen molar-refractivity contribution < 1.29 is 14.3 Å². The minimum atomic E-state index is -0.362. The van der Waals surface area contributed by atoms with Crippen molar-refractivity contribution in [1.29, 1.82) is 0 Å². The lowest BCUT2D eigenvalue weighted by Crippen LogP contribution is -2.18. The number of rotatable bonds is 7. The number of carbonyl (C=O) groups is 1. The van der Waals surface area contributed by atoms with Gasteiger partial charge in [-0.05, 0) is 66.6 Å². The Hall–Kier alpha value is -4.66. The van der Waals surface area contributed by atoms with Crippen LogP contribution in [0, 0.1) is 6.92 Å². The van der Waals surface area contributed by atoms with Gasteiger partial charge in [0.15, 0.2) is 0 Å². The highest BCUT2D eigenvalue weighted by Gasteiger charge is 2.41. The maximum Gasteiger partial charge on any atom is 0.408 e. The highest BCUT2D eigenvalue weighted by Crippen LogP contribution is 2.38. The number of anilines is 4. The van der Waals surface area contributed by atoms with E-state index < -0.39 is 0 Å². The zero-order valence-corrected chi connectivity index (χ0v) is 19.6. The molecule has 4 aromatic rings. The third-order valence-electron chi connectivity index (χ3n) is 6.26. The van der Waals surface area contributed by atoms with E-state index in [-0.39, 0.29) is 18.2 Å². The number of amides is 1. The number of nitrogens with one attached hydrogen (secondary N) is 3. The van der Waals surface area contributed by atoms with E-state index in [1.54, 1.807) is 12.4 Å². The number of aromatic nitrogens is 3. The number of fused-ring (bicyclic) bond motifs is 3. The topological polar surface area (TPSA) is 110 Å². The molecule has 2 atom stereocenters. The minimum absolute atomic E-state index is 0.110. The molecule has 2 aromatic heterocycles. The summed E-state index contributed by atoms with van der Waals surface area (Å²) in [4.78, 5) is 25.0. The number of alkyl carbamates (subject to hydrolysis) is 1. The molecule has 0 radical (unpaired) electrons. The van der Waals surface area contributed by atoms with Gasteiger partial charge in [-0.1, -0.05) is 12.1 Å². The summed E-state index contributed by atoms with van der Waals surface area (Å²) in [5.41, 5.74) is 5.76. The maximum atomic E-state index is 11.6. The number of pyridine rings is 1. The largest absolute Gasteiger partial charge is 0.487 e. The van der Waals surface area contributed by atoms with Crippen LogP contribution in [0.3, 0.4) is 0 Å². The second kappa shape index (κ2) is 9.18. The van der Waals surface area contributed by atoms with Crippen molar-refractivity contribution in [2.75, 3.05) is 10.6 Å². The Bertz CT molecular complexity index is 1410. The van der Waals surface area contributed by atoms with Gasteiger partial charge in [0.05, 0.1) is 11.7 Å². The van der Waals surface area contributed by atoms with Crippen LogP contribution in [0.2, 0.25) is 0 Å². The quantitative estimate of drug-likeness (QED) is 0.341. The fourth-order valence-corrected chi connectivity index (χ4v) is 4.43.